The second kappa shape index (κ2) is 16.6. The second-order valence-corrected chi connectivity index (χ2v) is 11.0. The van der Waals surface area contributed by atoms with Gasteiger partial charge in [0.05, 0.1) is 69.3 Å². The molecule has 12 atom stereocenters. The normalized spacial score (nSPS) is 37.3. The summed E-state index contributed by atoms with van der Waals surface area (Å²) in [7, 11) is 0. The maximum absolute atomic E-state index is 13.1. The molecule has 0 aromatic rings. The van der Waals surface area contributed by atoms with E-state index in [1.165, 1.54) is 6.08 Å². The number of carbonyl (C=O) groups is 2. The molecule has 2 saturated heterocycles. The third-order valence-electron chi connectivity index (χ3n) is 8.00. The lowest BCUT2D eigenvalue weighted by atomic mass is 9.81. The lowest BCUT2D eigenvalue weighted by molar-refractivity contribution is -0.911. The van der Waals surface area contributed by atoms with Gasteiger partial charge >= 0.3 is 5.97 Å². The first-order valence-corrected chi connectivity index (χ1v) is 14.3. The largest absolute Gasteiger partial charge is 0.550 e. The van der Waals surface area contributed by atoms with Gasteiger partial charge in [0, 0.05) is 24.2 Å². The van der Waals surface area contributed by atoms with Crippen LogP contribution >= 0.6 is 0 Å². The van der Waals surface area contributed by atoms with Gasteiger partial charge < -0.3 is 69.5 Å². The number of aliphatic hydroxyl groups is 7. The van der Waals surface area contributed by atoms with E-state index in [0.29, 0.717) is 19.6 Å². The van der Waals surface area contributed by atoms with Crippen molar-refractivity contribution in [3.63, 3.8) is 0 Å². The van der Waals surface area contributed by atoms with Crippen molar-refractivity contribution in [3.8, 4) is 0 Å². The number of quaternary nitrogens is 1. The van der Waals surface area contributed by atoms with Gasteiger partial charge in [0.1, 0.15) is 31.0 Å². The number of piperidine rings is 1. The molecule has 0 aromatic carbocycles. The second-order valence-electron chi connectivity index (χ2n) is 11.0. The smallest absolute Gasteiger partial charge is 0.337 e. The number of carboxylic acid groups (broad SMARTS) is 1. The minimum absolute atomic E-state index is 0.0131. The maximum atomic E-state index is 13.1. The van der Waals surface area contributed by atoms with Crippen LogP contribution in [0.5, 0.6) is 0 Å². The summed E-state index contributed by atoms with van der Waals surface area (Å²) in [5.41, 5.74) is 0.0418. The van der Waals surface area contributed by atoms with E-state index in [4.69, 9.17) is 24.1 Å². The summed E-state index contributed by atoms with van der Waals surface area (Å²) < 4.78 is 22.2. The zero-order chi connectivity index (χ0) is 31.7. The number of rotatable bonds is 14. The van der Waals surface area contributed by atoms with Crippen LogP contribution in [0.3, 0.4) is 0 Å². The highest BCUT2D eigenvalue weighted by Gasteiger charge is 2.47. The Labute approximate surface area is 248 Å². The molecule has 0 radical (unpaired) electrons. The Morgan fingerprint density at radius 1 is 1.12 bits per heavy atom. The first-order valence-electron chi connectivity index (χ1n) is 14.3. The number of carboxylic acids is 1. The minimum Gasteiger partial charge on any atom is -0.550 e. The average Bonchev–Trinajstić information content (AvgIpc) is 2.99. The van der Waals surface area contributed by atoms with Crippen LogP contribution in [-0.2, 0) is 28.5 Å². The van der Waals surface area contributed by atoms with Crippen LogP contribution < -0.4 is 10.0 Å². The molecule has 244 valence electrons. The molecule has 12 unspecified atom stereocenters. The van der Waals surface area contributed by atoms with Crippen molar-refractivity contribution in [3.05, 3.63) is 36.6 Å². The fraction of sp³-hybridized carbons (Fsp3) is 0.714. The summed E-state index contributed by atoms with van der Waals surface area (Å²) in [5.74, 6) is -4.60. The number of hydrogen-bond acceptors (Lipinski definition) is 14. The van der Waals surface area contributed by atoms with Gasteiger partial charge in [-0.25, -0.2) is 4.79 Å². The monoisotopic (exact) mass is 617 g/mol. The molecule has 0 spiro atoms. The lowest BCUT2D eigenvalue weighted by Gasteiger charge is -2.42. The number of aliphatic carboxylic acids is 1. The molecule has 43 heavy (non-hydrogen) atoms. The summed E-state index contributed by atoms with van der Waals surface area (Å²) in [6.45, 7) is 3.52. The Kier molecular flexibility index (Phi) is 13.5. The van der Waals surface area contributed by atoms with E-state index in [0.717, 1.165) is 11.2 Å². The highest BCUT2D eigenvalue weighted by Crippen LogP contribution is 2.36. The molecule has 3 aliphatic heterocycles. The number of allylic oxidation sites excluding steroid dienone is 1. The molecule has 15 heteroatoms. The van der Waals surface area contributed by atoms with Crippen LogP contribution in [0, 0.1) is 23.7 Å². The van der Waals surface area contributed by atoms with Gasteiger partial charge in [-0.15, -0.1) is 6.58 Å². The summed E-state index contributed by atoms with van der Waals surface area (Å²) in [6, 6.07) is 0. The summed E-state index contributed by atoms with van der Waals surface area (Å²) in [5, 5.41) is 79.9. The molecular formula is C28H43NO14. The van der Waals surface area contributed by atoms with E-state index < -0.39 is 86.0 Å². The maximum Gasteiger partial charge on any atom is 0.337 e. The fourth-order valence-corrected chi connectivity index (χ4v) is 5.56. The molecule has 0 amide bonds. The van der Waals surface area contributed by atoms with Crippen molar-refractivity contribution < 1.29 is 74.3 Å². The number of ether oxygens (including phenoxy) is 4. The van der Waals surface area contributed by atoms with Crippen molar-refractivity contribution >= 4 is 11.9 Å². The highest BCUT2D eigenvalue weighted by molar-refractivity contribution is 5.89. The third-order valence-corrected chi connectivity index (χ3v) is 8.00. The average molecular weight is 618 g/mol. The molecule has 8 N–H and O–H groups in total. The third kappa shape index (κ3) is 9.04. The first-order chi connectivity index (χ1) is 20.5. The van der Waals surface area contributed by atoms with Gasteiger partial charge in [-0.3, -0.25) is 0 Å². The van der Waals surface area contributed by atoms with Gasteiger partial charge in [0.15, 0.2) is 6.29 Å². The number of esters is 1. The standard InChI is InChI=1S/C28H43NO14/c1-2-18-19(4-3-15-9-16(25(37)38)11-29(10-15)6-7-30)20(26(39)40-8-5-17(33)12-31)14-41-27(18)43-28-24(36)23(35)22(34)21(13-32)42-28/h2-4,14-19,21-24,27-28,30-36H,1,5-13H2,(H,37,38). The van der Waals surface area contributed by atoms with Gasteiger partial charge in [0.25, 0.3) is 0 Å². The number of hydrogen-bond donors (Lipinski definition) is 8. The number of nitrogens with one attached hydrogen (secondary N) is 1. The van der Waals surface area contributed by atoms with Crippen molar-refractivity contribution in [2.24, 2.45) is 23.7 Å². The summed E-state index contributed by atoms with van der Waals surface area (Å²) >= 11 is 0. The van der Waals surface area contributed by atoms with Crippen molar-refractivity contribution in [2.75, 3.05) is 46.1 Å². The Morgan fingerprint density at radius 2 is 1.86 bits per heavy atom. The van der Waals surface area contributed by atoms with Gasteiger partial charge in [-0.1, -0.05) is 18.2 Å². The lowest BCUT2D eigenvalue weighted by Crippen LogP contribution is -3.15. The minimum atomic E-state index is -1.71. The van der Waals surface area contributed by atoms with Crippen LogP contribution in [0.4, 0.5) is 0 Å². The van der Waals surface area contributed by atoms with Crippen LogP contribution in [0.1, 0.15) is 12.8 Å². The van der Waals surface area contributed by atoms with E-state index in [9.17, 15) is 45.3 Å². The molecule has 0 aromatic heterocycles. The fourth-order valence-electron chi connectivity index (χ4n) is 5.56. The summed E-state index contributed by atoms with van der Waals surface area (Å²) in [6.07, 6.45) is -3.84. The van der Waals surface area contributed by atoms with Crippen LogP contribution in [0.15, 0.2) is 36.6 Å². The van der Waals surface area contributed by atoms with Crippen molar-refractivity contribution in [1.29, 1.82) is 0 Å². The van der Waals surface area contributed by atoms with Gasteiger partial charge in [0.2, 0.25) is 6.29 Å². The molecule has 3 rings (SSSR count). The van der Waals surface area contributed by atoms with E-state index in [1.807, 2.05) is 0 Å². The molecule has 2 fully saturated rings. The quantitative estimate of drug-likeness (QED) is 0.0671. The van der Waals surface area contributed by atoms with E-state index >= 15 is 0 Å². The first kappa shape index (κ1) is 35.0. The number of aliphatic hydroxyl groups excluding tert-OH is 7. The Morgan fingerprint density at radius 3 is 2.49 bits per heavy atom. The topological polar surface area (TPSA) is 240 Å². The van der Waals surface area contributed by atoms with Gasteiger partial charge in [-0.05, 0) is 6.42 Å². The molecule has 0 aliphatic carbocycles. The van der Waals surface area contributed by atoms with E-state index in [1.54, 1.807) is 12.2 Å². The van der Waals surface area contributed by atoms with Crippen LogP contribution in [0.25, 0.3) is 0 Å². The van der Waals surface area contributed by atoms with Gasteiger partial charge in [-0.2, -0.15) is 0 Å². The summed E-state index contributed by atoms with van der Waals surface area (Å²) in [4.78, 5) is 25.6. The zero-order valence-corrected chi connectivity index (χ0v) is 23.7. The molecule has 15 nitrogen and oxygen atoms in total. The molecule has 3 aliphatic rings. The predicted molar refractivity (Wildman–Crippen MR) is 142 cm³/mol. The van der Waals surface area contributed by atoms with Crippen molar-refractivity contribution in [1.82, 2.24) is 0 Å². The Hall–Kier alpha value is -2.44. The molecule has 3 heterocycles. The highest BCUT2D eigenvalue weighted by atomic mass is 16.8. The van der Waals surface area contributed by atoms with Crippen LogP contribution in [-0.4, -0.2) is 137 Å². The Balaban J connectivity index is 1.86. The molecular weight excluding hydrogens is 574 g/mol. The van der Waals surface area contributed by atoms with Crippen LogP contribution in [0.2, 0.25) is 0 Å². The number of carbonyl (C=O) groups excluding carboxylic acids is 2. The van der Waals surface area contributed by atoms with E-state index in [2.05, 4.69) is 6.58 Å². The zero-order valence-electron chi connectivity index (χ0n) is 23.7. The Bertz CT molecular complexity index is 989. The van der Waals surface area contributed by atoms with Crippen molar-refractivity contribution in [2.45, 2.75) is 55.9 Å². The van der Waals surface area contributed by atoms with E-state index in [-0.39, 0.29) is 37.5 Å². The number of likely N-dealkylation sites (tertiary alicyclic amines) is 1. The predicted octanol–water partition coefficient (Wildman–Crippen LogP) is -5.43. The molecule has 0 saturated carbocycles. The SMILES string of the molecule is C=CC1C(OC2OC(CO)C(O)C(O)C2O)OC=C(C(=O)OCCC(O)CO)C1C=CC1CC(C(=O)[O-])C[NH+](CCO)C1. The molecule has 0 bridgehead atoms.